The van der Waals surface area contributed by atoms with E-state index in [4.69, 9.17) is 9.47 Å². The predicted molar refractivity (Wildman–Crippen MR) is 169 cm³/mol. The molecule has 8 rings (SSSR count). The number of rotatable bonds is 7. The maximum Gasteiger partial charge on any atom is 2.00 e. The summed E-state index contributed by atoms with van der Waals surface area (Å²) in [6, 6.07) is 36.3. The second kappa shape index (κ2) is 14.5. The molecule has 0 amide bonds. The Bertz CT molecular complexity index is 2250. The van der Waals surface area contributed by atoms with Gasteiger partial charge in [-0.25, -0.2) is 15.0 Å². The summed E-state index contributed by atoms with van der Waals surface area (Å²) >= 11 is 0. The van der Waals surface area contributed by atoms with Crippen LogP contribution in [0.4, 0.5) is 8.78 Å². The van der Waals surface area contributed by atoms with Gasteiger partial charge in [-0.1, -0.05) is 47.4 Å². The van der Waals surface area contributed by atoms with Crippen molar-refractivity contribution < 1.29 is 60.4 Å². The largest absolute Gasteiger partial charge is 2.00 e. The Morgan fingerprint density at radius 2 is 1.04 bits per heavy atom. The van der Waals surface area contributed by atoms with Crippen LogP contribution in [-0.4, -0.2) is 29.5 Å². The van der Waals surface area contributed by atoms with Crippen molar-refractivity contribution >= 4 is 21.8 Å². The van der Waals surface area contributed by atoms with Crippen molar-refractivity contribution in [1.29, 1.82) is 0 Å². The second-order valence-corrected chi connectivity index (χ2v) is 10.2. The summed E-state index contributed by atoms with van der Waals surface area (Å²) in [5.74, 6) is -1.16. The first-order valence-corrected chi connectivity index (χ1v) is 14.3. The van der Waals surface area contributed by atoms with Crippen LogP contribution in [0.5, 0.6) is 23.0 Å². The van der Waals surface area contributed by atoms with E-state index in [-0.39, 0.29) is 71.1 Å². The minimum atomic E-state index is -0.717. The van der Waals surface area contributed by atoms with Crippen LogP contribution >= 0.6 is 0 Å². The maximum absolute atomic E-state index is 15.6. The molecular weight excluding hydrogens is 989 g/mol. The molecule has 4 aromatic carbocycles. The van der Waals surface area contributed by atoms with Crippen LogP contribution < -0.4 is 9.47 Å². The third-order valence-corrected chi connectivity index (χ3v) is 7.21. The average Bonchev–Trinajstić information content (AvgIpc) is 3.41. The minimum Gasteiger partial charge on any atom is -0.500 e. The van der Waals surface area contributed by atoms with Crippen LogP contribution in [0, 0.1) is 35.9 Å². The molecule has 8 nitrogen and oxygen atoms in total. The molecule has 0 bridgehead atoms. The van der Waals surface area contributed by atoms with Crippen molar-refractivity contribution in [2.24, 2.45) is 0 Å². The minimum absolute atomic E-state index is 0. The molecule has 0 saturated carbocycles. The number of ether oxygens (including phenoxy) is 2. The number of halogens is 2. The monoisotopic (exact) mass is 1010 g/mol. The SMILES string of the molecule is Fc1cc2c3cc(F)c(Oc4[c-]c(-c5ccccn5)ccc4)[c-]c3n(-c3ncncn3)c2[c-]c1Oc1[c-]c(-c2ccccn2)ccc1.[Pt+2].[Pt+2]. The Morgan fingerprint density at radius 3 is 1.49 bits per heavy atom. The second-order valence-electron chi connectivity index (χ2n) is 10.2. The van der Waals surface area contributed by atoms with Crippen molar-refractivity contribution in [3.63, 3.8) is 0 Å². The Labute approximate surface area is 307 Å². The van der Waals surface area contributed by atoms with Gasteiger partial charge >= 0.3 is 42.1 Å². The first-order valence-electron chi connectivity index (χ1n) is 14.3. The van der Waals surface area contributed by atoms with Gasteiger partial charge in [0.25, 0.3) is 0 Å². The topological polar surface area (TPSA) is 87.8 Å². The Balaban J connectivity index is 0.00000208. The summed E-state index contributed by atoms with van der Waals surface area (Å²) in [5, 5.41) is 0.670. The van der Waals surface area contributed by atoms with E-state index < -0.39 is 11.6 Å². The standard InChI is InChI=1S/C37H18F2N6O2.2Pt/c38-29-17-27-28-18-30(39)36(47-26-10-6-8-24(16-26)32-12-2-4-14-42-32)20-34(28)45(37-43-21-40-22-44-37)33(27)19-35(29)46-25-9-5-7-23(15-25)31-11-1-3-13-41-31;;/h1-14,17-18,21-22H;;/q-4;2*+2. The molecule has 12 heteroatoms. The molecule has 0 aliphatic rings. The fraction of sp³-hybridized carbons (Fsp3) is 0. The van der Waals surface area contributed by atoms with Crippen LogP contribution in [0.2, 0.25) is 0 Å². The summed E-state index contributed by atoms with van der Waals surface area (Å²) in [7, 11) is 0. The van der Waals surface area contributed by atoms with E-state index in [2.05, 4.69) is 49.2 Å². The van der Waals surface area contributed by atoms with E-state index >= 15 is 8.78 Å². The van der Waals surface area contributed by atoms with Gasteiger partial charge in [-0.15, -0.1) is 71.8 Å². The van der Waals surface area contributed by atoms with Crippen LogP contribution in [-0.2, 0) is 42.1 Å². The number of aromatic nitrogens is 6. The predicted octanol–water partition coefficient (Wildman–Crippen LogP) is 8.15. The van der Waals surface area contributed by atoms with Crippen molar-refractivity contribution in [1.82, 2.24) is 29.5 Å². The zero-order valence-corrected chi connectivity index (χ0v) is 29.3. The summed E-state index contributed by atoms with van der Waals surface area (Å²) < 4.78 is 44.7. The van der Waals surface area contributed by atoms with Crippen LogP contribution in [0.1, 0.15) is 0 Å². The zero-order chi connectivity index (χ0) is 31.7. The van der Waals surface area contributed by atoms with Crippen molar-refractivity contribution in [2.75, 3.05) is 0 Å². The third kappa shape index (κ3) is 6.75. The molecule has 4 heterocycles. The number of nitrogens with zero attached hydrogens (tertiary/aromatic N) is 6. The molecule has 4 aromatic heterocycles. The van der Waals surface area contributed by atoms with Crippen molar-refractivity contribution in [3.05, 3.63) is 146 Å². The molecule has 49 heavy (non-hydrogen) atoms. The quantitative estimate of drug-likeness (QED) is 0.149. The Kier molecular flexibility index (Phi) is 9.99. The zero-order valence-electron chi connectivity index (χ0n) is 24.8. The van der Waals surface area contributed by atoms with E-state index in [1.165, 1.54) is 24.8 Å². The first kappa shape index (κ1) is 33.7. The number of hydrogen-bond donors (Lipinski definition) is 0. The maximum atomic E-state index is 15.6. The van der Waals surface area contributed by atoms with E-state index in [1.54, 1.807) is 41.2 Å². The number of hydrogen-bond acceptors (Lipinski definition) is 7. The molecule has 0 unspecified atom stereocenters. The van der Waals surface area contributed by atoms with E-state index in [0.717, 1.165) is 0 Å². The van der Waals surface area contributed by atoms with Crippen molar-refractivity contribution in [3.8, 4) is 51.5 Å². The molecule has 0 aliphatic heterocycles. The Hall–Kier alpha value is -5.17. The summed E-state index contributed by atoms with van der Waals surface area (Å²) in [4.78, 5) is 21.2. The fourth-order valence-electron chi connectivity index (χ4n) is 5.14. The Morgan fingerprint density at radius 1 is 0.551 bits per heavy atom. The van der Waals surface area contributed by atoms with Gasteiger partial charge in [0, 0.05) is 47.0 Å². The molecule has 8 aromatic rings. The van der Waals surface area contributed by atoms with E-state index in [9.17, 15) is 0 Å². The fourth-order valence-corrected chi connectivity index (χ4v) is 5.14. The molecule has 0 fully saturated rings. The molecule has 0 atom stereocenters. The van der Waals surface area contributed by atoms with Gasteiger partial charge in [0.2, 0.25) is 5.95 Å². The smallest absolute Gasteiger partial charge is 0.500 e. The van der Waals surface area contributed by atoms with Crippen LogP contribution in [0.3, 0.4) is 0 Å². The van der Waals surface area contributed by atoms with Crippen LogP contribution in [0.25, 0.3) is 50.3 Å². The van der Waals surface area contributed by atoms with Gasteiger partial charge in [-0.3, -0.25) is 8.78 Å². The van der Waals surface area contributed by atoms with Gasteiger partial charge in [0.05, 0.1) is 0 Å². The van der Waals surface area contributed by atoms with Crippen LogP contribution in [0.15, 0.2) is 110 Å². The van der Waals surface area contributed by atoms with E-state index in [1.807, 2.05) is 48.5 Å². The van der Waals surface area contributed by atoms with Gasteiger partial charge in [-0.05, 0) is 23.5 Å². The molecule has 0 radical (unpaired) electrons. The number of fused-ring (bicyclic) bond motifs is 3. The normalized spacial score (nSPS) is 10.7. The number of pyridine rings is 2. The number of benzene rings is 4. The molecule has 0 N–H and O–H groups in total. The van der Waals surface area contributed by atoms with Gasteiger partial charge in [0.1, 0.15) is 12.7 Å². The molecule has 0 aliphatic carbocycles. The van der Waals surface area contributed by atoms with Gasteiger partial charge in [0.15, 0.2) is 0 Å². The van der Waals surface area contributed by atoms with Gasteiger partial charge in [-0.2, -0.15) is 10.8 Å². The summed E-state index contributed by atoms with van der Waals surface area (Å²) in [6.07, 6.45) is 5.98. The molecule has 242 valence electrons. The summed E-state index contributed by atoms with van der Waals surface area (Å²) in [5.41, 5.74) is 3.35. The van der Waals surface area contributed by atoms with Crippen molar-refractivity contribution in [2.45, 2.75) is 0 Å². The molecule has 0 spiro atoms. The third-order valence-electron chi connectivity index (χ3n) is 7.21. The molecule has 0 saturated heterocycles. The van der Waals surface area contributed by atoms with E-state index in [0.29, 0.717) is 44.3 Å². The average molecular weight is 1010 g/mol. The first-order chi connectivity index (χ1) is 23.1. The molecular formula is C37H18F2N6O2Pt2. The van der Waals surface area contributed by atoms with Gasteiger partial charge < -0.3 is 24.0 Å². The summed E-state index contributed by atoms with van der Waals surface area (Å²) in [6.45, 7) is 0.